The summed E-state index contributed by atoms with van der Waals surface area (Å²) in [6.07, 6.45) is 0.385. The van der Waals surface area contributed by atoms with E-state index < -0.39 is 28.5 Å². The molecule has 0 fully saturated rings. The Morgan fingerprint density at radius 3 is 2.02 bits per heavy atom. The first-order valence-electron chi connectivity index (χ1n) is 14.1. The van der Waals surface area contributed by atoms with Gasteiger partial charge in [-0.25, -0.2) is 8.42 Å². The van der Waals surface area contributed by atoms with Gasteiger partial charge in [-0.15, -0.1) is 0 Å². The van der Waals surface area contributed by atoms with Crippen molar-refractivity contribution in [1.29, 1.82) is 0 Å². The van der Waals surface area contributed by atoms with Crippen molar-refractivity contribution >= 4 is 27.5 Å². The van der Waals surface area contributed by atoms with Crippen LogP contribution in [0.2, 0.25) is 0 Å². The quantitative estimate of drug-likeness (QED) is 0.299. The van der Waals surface area contributed by atoms with Gasteiger partial charge in [0.05, 0.1) is 10.6 Å². The number of amides is 2. The molecule has 0 radical (unpaired) electrons. The van der Waals surface area contributed by atoms with E-state index in [2.05, 4.69) is 5.32 Å². The van der Waals surface area contributed by atoms with E-state index in [4.69, 9.17) is 0 Å². The molecule has 0 saturated heterocycles. The van der Waals surface area contributed by atoms with Crippen molar-refractivity contribution in [1.82, 2.24) is 10.2 Å². The molecule has 0 aliphatic heterocycles. The van der Waals surface area contributed by atoms with Gasteiger partial charge in [0.2, 0.25) is 11.8 Å². The van der Waals surface area contributed by atoms with Gasteiger partial charge in [-0.2, -0.15) is 0 Å². The number of rotatable bonds is 12. The first-order chi connectivity index (χ1) is 19.3. The lowest BCUT2D eigenvalue weighted by Gasteiger charge is -2.33. The summed E-state index contributed by atoms with van der Waals surface area (Å²) in [4.78, 5) is 29.2. The molecule has 0 aromatic heterocycles. The van der Waals surface area contributed by atoms with E-state index in [1.54, 1.807) is 36.4 Å². The van der Waals surface area contributed by atoms with Crippen LogP contribution in [0.4, 0.5) is 5.69 Å². The third-order valence-electron chi connectivity index (χ3n) is 6.89. The monoisotopic (exact) mass is 577 g/mol. The second-order valence-corrected chi connectivity index (χ2v) is 13.1. The number of carbonyl (C=O) groups excluding carboxylic acids is 2. The van der Waals surface area contributed by atoms with Crippen LogP contribution in [0, 0.1) is 33.6 Å². The number of hydrogen-bond donors (Lipinski definition) is 1. The third kappa shape index (κ3) is 8.43. The molecule has 220 valence electrons. The average molecular weight is 578 g/mol. The van der Waals surface area contributed by atoms with Crippen molar-refractivity contribution < 1.29 is 18.0 Å². The minimum Gasteiger partial charge on any atom is -0.354 e. The van der Waals surface area contributed by atoms with E-state index in [9.17, 15) is 18.0 Å². The minimum absolute atomic E-state index is 0.0991. The van der Waals surface area contributed by atoms with Crippen LogP contribution in [-0.4, -0.2) is 44.3 Å². The van der Waals surface area contributed by atoms with Gasteiger partial charge < -0.3 is 10.2 Å². The maximum absolute atomic E-state index is 14.2. The van der Waals surface area contributed by atoms with Gasteiger partial charge in [-0.3, -0.25) is 13.9 Å². The molecule has 7 nitrogen and oxygen atoms in total. The summed E-state index contributed by atoms with van der Waals surface area (Å²) in [6.45, 7) is 13.7. The fraction of sp³-hybridized carbons (Fsp3) is 0.394. The predicted octanol–water partition coefficient (Wildman–Crippen LogP) is 5.70. The lowest BCUT2D eigenvalue weighted by molar-refractivity contribution is -0.140. The molecule has 3 rings (SSSR count). The average Bonchev–Trinajstić information content (AvgIpc) is 2.89. The third-order valence-corrected chi connectivity index (χ3v) is 8.68. The minimum atomic E-state index is -4.10. The zero-order chi connectivity index (χ0) is 30.3. The fourth-order valence-corrected chi connectivity index (χ4v) is 6.21. The number of nitrogens with zero attached hydrogens (tertiary/aromatic N) is 2. The van der Waals surface area contributed by atoms with Crippen LogP contribution in [0.3, 0.4) is 0 Å². The van der Waals surface area contributed by atoms with Crippen molar-refractivity contribution in [3.8, 4) is 0 Å². The molecule has 41 heavy (non-hydrogen) atoms. The van der Waals surface area contributed by atoms with Crippen LogP contribution in [0.15, 0.2) is 71.6 Å². The van der Waals surface area contributed by atoms with Gasteiger partial charge in [0.25, 0.3) is 10.0 Å². The number of carbonyl (C=O) groups is 2. The number of benzene rings is 3. The smallest absolute Gasteiger partial charge is 0.264 e. The van der Waals surface area contributed by atoms with Gasteiger partial charge in [0, 0.05) is 13.1 Å². The van der Waals surface area contributed by atoms with Crippen LogP contribution in [-0.2, 0) is 26.2 Å². The number of nitrogens with one attached hydrogen (secondary N) is 1. The van der Waals surface area contributed by atoms with Crippen LogP contribution >= 0.6 is 0 Å². The number of sulfonamides is 1. The maximum atomic E-state index is 14.2. The first-order valence-corrected chi connectivity index (χ1v) is 15.6. The van der Waals surface area contributed by atoms with Gasteiger partial charge >= 0.3 is 0 Å². The molecular weight excluding hydrogens is 534 g/mol. The van der Waals surface area contributed by atoms with E-state index in [0.717, 1.165) is 27.8 Å². The molecular formula is C33H43N3O4S. The molecule has 0 bridgehead atoms. The predicted molar refractivity (Wildman–Crippen MR) is 165 cm³/mol. The Bertz CT molecular complexity index is 1450. The lowest BCUT2D eigenvalue weighted by atomic mass is 10.1. The van der Waals surface area contributed by atoms with Crippen LogP contribution in [0.25, 0.3) is 0 Å². The molecule has 0 heterocycles. The van der Waals surface area contributed by atoms with Crippen LogP contribution in [0.5, 0.6) is 0 Å². The molecule has 2 amide bonds. The zero-order valence-corrected chi connectivity index (χ0v) is 26.1. The molecule has 0 aliphatic rings. The number of aryl methyl sites for hydroxylation is 4. The van der Waals surface area contributed by atoms with Crippen molar-refractivity contribution in [2.45, 2.75) is 72.4 Å². The van der Waals surface area contributed by atoms with Crippen LogP contribution < -0.4 is 9.62 Å². The van der Waals surface area contributed by atoms with E-state index in [0.29, 0.717) is 18.7 Å². The highest BCUT2D eigenvalue weighted by Crippen LogP contribution is 2.27. The van der Waals surface area contributed by atoms with Crippen molar-refractivity contribution in [3.63, 3.8) is 0 Å². The van der Waals surface area contributed by atoms with Crippen LogP contribution in [0.1, 0.15) is 55.0 Å². The first kappa shape index (κ1) is 31.9. The van der Waals surface area contributed by atoms with Gasteiger partial charge in [-0.05, 0) is 81.0 Å². The van der Waals surface area contributed by atoms with E-state index >= 15 is 0 Å². The summed E-state index contributed by atoms with van der Waals surface area (Å²) in [5.41, 5.74) is 5.00. The highest BCUT2D eigenvalue weighted by Gasteiger charge is 2.33. The summed E-state index contributed by atoms with van der Waals surface area (Å²) in [7, 11) is -4.10. The molecule has 3 aromatic rings. The second kappa shape index (κ2) is 13.8. The summed E-state index contributed by atoms with van der Waals surface area (Å²) < 4.78 is 29.3. The maximum Gasteiger partial charge on any atom is 0.264 e. The summed E-state index contributed by atoms with van der Waals surface area (Å²) in [5, 5.41) is 2.96. The largest absolute Gasteiger partial charge is 0.354 e. The van der Waals surface area contributed by atoms with E-state index in [1.165, 1.54) is 9.21 Å². The number of anilines is 1. The summed E-state index contributed by atoms with van der Waals surface area (Å²) in [5.74, 6) is -0.452. The van der Waals surface area contributed by atoms with E-state index in [-0.39, 0.29) is 23.3 Å². The normalized spacial score (nSPS) is 12.2. The van der Waals surface area contributed by atoms with Crippen molar-refractivity contribution in [2.75, 3.05) is 17.4 Å². The standard InChI is InChI=1S/C33H43N3O4S/c1-8-31(33(38)34-20-23(2)3)35(21-28-11-9-10-25(5)17-28)32(37)22-36(29-18-26(6)16-27(7)19-29)41(39,40)30-14-12-24(4)13-15-30/h9-19,23,31H,8,20-22H2,1-7H3,(H,34,38)/t31-/m1/s1. The summed E-state index contributed by atoms with van der Waals surface area (Å²) in [6, 6.07) is 19.1. The van der Waals surface area contributed by atoms with Crippen molar-refractivity contribution in [2.24, 2.45) is 5.92 Å². The molecule has 0 spiro atoms. The fourth-order valence-electron chi connectivity index (χ4n) is 4.81. The van der Waals surface area contributed by atoms with Gasteiger partial charge in [0.1, 0.15) is 12.6 Å². The molecule has 1 atom stereocenters. The topological polar surface area (TPSA) is 86.8 Å². The van der Waals surface area contributed by atoms with E-state index in [1.807, 2.05) is 78.8 Å². The zero-order valence-electron chi connectivity index (χ0n) is 25.3. The lowest BCUT2D eigenvalue weighted by Crippen LogP contribution is -2.52. The Morgan fingerprint density at radius 2 is 1.46 bits per heavy atom. The van der Waals surface area contributed by atoms with Gasteiger partial charge in [0.15, 0.2) is 0 Å². The molecule has 0 unspecified atom stereocenters. The number of hydrogen-bond acceptors (Lipinski definition) is 4. The molecule has 0 aliphatic carbocycles. The second-order valence-electron chi connectivity index (χ2n) is 11.2. The Hall–Kier alpha value is -3.65. The van der Waals surface area contributed by atoms with Gasteiger partial charge in [-0.1, -0.05) is 74.4 Å². The summed E-state index contributed by atoms with van der Waals surface area (Å²) >= 11 is 0. The molecule has 1 N–H and O–H groups in total. The SMILES string of the molecule is CC[C@H](C(=O)NCC(C)C)N(Cc1cccc(C)c1)C(=O)CN(c1cc(C)cc(C)c1)S(=O)(=O)c1ccc(C)cc1. The Morgan fingerprint density at radius 1 is 0.829 bits per heavy atom. The Balaban J connectivity index is 2.08. The Kier molecular flexibility index (Phi) is 10.7. The highest BCUT2D eigenvalue weighted by molar-refractivity contribution is 7.92. The van der Waals surface area contributed by atoms with Crippen molar-refractivity contribution in [3.05, 3.63) is 94.5 Å². The Labute approximate surface area is 245 Å². The molecule has 0 saturated carbocycles. The molecule has 8 heteroatoms. The molecule has 3 aromatic carbocycles. The highest BCUT2D eigenvalue weighted by atomic mass is 32.2.